The molecule has 7 heteroatoms. The maximum Gasteiger partial charge on any atom is 0.290 e. The first-order chi connectivity index (χ1) is 12.5. The Balaban J connectivity index is 2.03. The minimum absolute atomic E-state index is 0.0109. The van der Waals surface area contributed by atoms with E-state index in [1.165, 1.54) is 11.0 Å². The van der Waals surface area contributed by atoms with Gasteiger partial charge in [-0.1, -0.05) is 35.3 Å². The van der Waals surface area contributed by atoms with Crippen molar-refractivity contribution in [2.45, 2.75) is 6.04 Å². The Bertz CT molecular complexity index is 1090. The van der Waals surface area contributed by atoms with Crippen molar-refractivity contribution in [2.24, 2.45) is 0 Å². The molecular formula is C19H13Cl2NO4. The average Bonchev–Trinajstić information content (AvgIpc) is 2.89. The summed E-state index contributed by atoms with van der Waals surface area (Å²) in [6.07, 6.45) is 0. The van der Waals surface area contributed by atoms with Gasteiger partial charge in [-0.25, -0.2) is 0 Å². The molecule has 4 rings (SSSR count). The van der Waals surface area contributed by atoms with Gasteiger partial charge in [-0.3, -0.25) is 9.59 Å². The van der Waals surface area contributed by atoms with E-state index < -0.39 is 11.9 Å². The van der Waals surface area contributed by atoms with Crippen molar-refractivity contribution in [1.82, 2.24) is 4.90 Å². The fourth-order valence-electron chi connectivity index (χ4n) is 3.35. The van der Waals surface area contributed by atoms with Crippen molar-refractivity contribution >= 4 is 40.1 Å². The summed E-state index contributed by atoms with van der Waals surface area (Å²) in [5, 5.41) is 10.6. The van der Waals surface area contributed by atoms with Gasteiger partial charge in [-0.05, 0) is 35.9 Å². The fourth-order valence-corrected chi connectivity index (χ4v) is 3.73. The maximum absolute atomic E-state index is 13.1. The summed E-state index contributed by atoms with van der Waals surface area (Å²) >= 11 is 12.1. The van der Waals surface area contributed by atoms with E-state index in [1.807, 2.05) is 0 Å². The van der Waals surface area contributed by atoms with Crippen LogP contribution in [0, 0.1) is 0 Å². The Morgan fingerprint density at radius 3 is 2.58 bits per heavy atom. The molecule has 1 aliphatic heterocycles. The van der Waals surface area contributed by atoms with E-state index in [0.717, 1.165) is 0 Å². The third-order valence-corrected chi connectivity index (χ3v) is 4.90. The van der Waals surface area contributed by atoms with Crippen LogP contribution in [0.5, 0.6) is 0 Å². The van der Waals surface area contributed by atoms with E-state index in [-0.39, 0.29) is 29.9 Å². The van der Waals surface area contributed by atoms with Gasteiger partial charge >= 0.3 is 0 Å². The highest BCUT2D eigenvalue weighted by atomic mass is 35.5. The summed E-state index contributed by atoms with van der Waals surface area (Å²) in [5.41, 5.74) is 0.886. The summed E-state index contributed by atoms with van der Waals surface area (Å²) in [5.74, 6) is -0.448. The molecule has 0 saturated carbocycles. The molecule has 5 nitrogen and oxygen atoms in total. The normalized spacial score (nSPS) is 16.3. The van der Waals surface area contributed by atoms with Gasteiger partial charge in [-0.2, -0.15) is 0 Å². The van der Waals surface area contributed by atoms with Crippen LogP contribution in [0.4, 0.5) is 0 Å². The van der Waals surface area contributed by atoms with Crippen molar-refractivity contribution in [1.29, 1.82) is 0 Å². The molecule has 0 radical (unpaired) electrons. The molecule has 1 aliphatic rings. The molecule has 0 fully saturated rings. The quantitative estimate of drug-likeness (QED) is 0.742. The van der Waals surface area contributed by atoms with Crippen LogP contribution in [0.15, 0.2) is 51.7 Å². The second kappa shape index (κ2) is 6.43. The molecule has 2 heterocycles. The lowest BCUT2D eigenvalue weighted by molar-refractivity contribution is 0.0691. The van der Waals surface area contributed by atoms with Gasteiger partial charge in [0.1, 0.15) is 5.58 Å². The van der Waals surface area contributed by atoms with Crippen LogP contribution in [0.25, 0.3) is 11.0 Å². The van der Waals surface area contributed by atoms with Crippen molar-refractivity contribution in [3.05, 3.63) is 79.6 Å². The Labute approximate surface area is 158 Å². The Morgan fingerprint density at radius 1 is 1.08 bits per heavy atom. The first kappa shape index (κ1) is 17.1. The number of halogens is 2. The highest BCUT2D eigenvalue weighted by molar-refractivity contribution is 6.31. The summed E-state index contributed by atoms with van der Waals surface area (Å²) in [4.78, 5) is 27.4. The number of nitrogens with zero attached hydrogens (tertiary/aromatic N) is 1. The number of benzene rings is 2. The van der Waals surface area contributed by atoms with E-state index >= 15 is 0 Å². The van der Waals surface area contributed by atoms with Crippen molar-refractivity contribution in [3.8, 4) is 0 Å². The van der Waals surface area contributed by atoms with E-state index in [9.17, 15) is 14.7 Å². The van der Waals surface area contributed by atoms with Crippen molar-refractivity contribution in [2.75, 3.05) is 13.2 Å². The van der Waals surface area contributed by atoms with Gasteiger partial charge in [0.05, 0.1) is 23.6 Å². The number of amides is 1. The highest BCUT2D eigenvalue weighted by Gasteiger charge is 2.42. The lowest BCUT2D eigenvalue weighted by Crippen LogP contribution is -2.32. The summed E-state index contributed by atoms with van der Waals surface area (Å²) in [6.45, 7) is -0.174. The average molecular weight is 390 g/mol. The zero-order valence-corrected chi connectivity index (χ0v) is 14.9. The molecule has 1 unspecified atom stereocenters. The number of carbonyl (C=O) groups is 1. The fraction of sp³-hybridized carbons (Fsp3) is 0.158. The lowest BCUT2D eigenvalue weighted by Gasteiger charge is -2.24. The van der Waals surface area contributed by atoms with Gasteiger partial charge in [0.2, 0.25) is 5.76 Å². The number of rotatable bonds is 3. The number of hydrogen-bond donors (Lipinski definition) is 1. The third-order valence-electron chi connectivity index (χ3n) is 4.43. The number of aliphatic hydroxyl groups excluding tert-OH is 1. The molecule has 0 saturated heterocycles. The lowest BCUT2D eigenvalue weighted by atomic mass is 9.98. The summed E-state index contributed by atoms with van der Waals surface area (Å²) in [6, 6.07) is 10.9. The topological polar surface area (TPSA) is 70.8 Å². The molecule has 2 aromatic carbocycles. The molecule has 1 amide bonds. The summed E-state index contributed by atoms with van der Waals surface area (Å²) in [7, 11) is 0. The smallest absolute Gasteiger partial charge is 0.290 e. The highest BCUT2D eigenvalue weighted by Crippen LogP contribution is 2.38. The number of fused-ring (bicyclic) bond motifs is 2. The van der Waals surface area contributed by atoms with Gasteiger partial charge in [-0.15, -0.1) is 0 Å². The van der Waals surface area contributed by atoms with Gasteiger partial charge in [0, 0.05) is 16.6 Å². The van der Waals surface area contributed by atoms with Gasteiger partial charge in [0.15, 0.2) is 5.43 Å². The minimum Gasteiger partial charge on any atom is -0.450 e. The first-order valence-electron chi connectivity index (χ1n) is 7.95. The maximum atomic E-state index is 13.1. The molecule has 0 aliphatic carbocycles. The number of carbonyl (C=O) groups excluding carboxylic acids is 1. The second-order valence-electron chi connectivity index (χ2n) is 5.99. The van der Waals surface area contributed by atoms with Crippen LogP contribution in [0.1, 0.15) is 27.7 Å². The number of aliphatic hydroxyl groups is 1. The SMILES string of the molecule is O=C1c2oc3ccc(Cl)cc3c(=O)c2C(c2cccc(Cl)c2)N1CCO. The third kappa shape index (κ3) is 2.60. The minimum atomic E-state index is -0.678. The molecule has 3 aromatic rings. The van der Waals surface area contributed by atoms with Crippen molar-refractivity contribution < 1.29 is 14.3 Å². The van der Waals surface area contributed by atoms with Gasteiger partial charge in [0.25, 0.3) is 5.91 Å². The van der Waals surface area contributed by atoms with E-state index in [4.69, 9.17) is 27.6 Å². The zero-order chi connectivity index (χ0) is 18.4. The van der Waals surface area contributed by atoms with Crippen LogP contribution >= 0.6 is 23.2 Å². The van der Waals surface area contributed by atoms with Crippen LogP contribution in [0.3, 0.4) is 0 Å². The molecule has 1 atom stereocenters. The zero-order valence-electron chi connectivity index (χ0n) is 13.4. The molecular weight excluding hydrogens is 377 g/mol. The standard InChI is InChI=1S/C19H13Cl2NO4/c20-11-3-1-2-10(8-11)16-15-17(24)13-9-12(21)4-5-14(13)26-18(15)19(25)22(16)6-7-23/h1-5,8-9,16,23H,6-7H2. The first-order valence-corrected chi connectivity index (χ1v) is 8.70. The van der Waals surface area contributed by atoms with E-state index in [1.54, 1.807) is 36.4 Å². The Hall–Kier alpha value is -2.34. The molecule has 26 heavy (non-hydrogen) atoms. The second-order valence-corrected chi connectivity index (χ2v) is 6.87. The van der Waals surface area contributed by atoms with E-state index in [0.29, 0.717) is 26.6 Å². The van der Waals surface area contributed by atoms with Crippen LogP contribution in [-0.4, -0.2) is 29.1 Å². The predicted octanol–water partition coefficient (Wildman–Crippen LogP) is 3.64. The Kier molecular flexibility index (Phi) is 4.23. The van der Waals surface area contributed by atoms with Crippen LogP contribution in [-0.2, 0) is 0 Å². The molecule has 0 bridgehead atoms. The van der Waals surface area contributed by atoms with Gasteiger partial charge < -0.3 is 14.4 Å². The molecule has 0 spiro atoms. The van der Waals surface area contributed by atoms with E-state index in [2.05, 4.69) is 0 Å². The number of β-amino-alcohol motifs (C(OH)–C–C–N with tert-alkyl or cyclic N) is 1. The monoisotopic (exact) mass is 389 g/mol. The van der Waals surface area contributed by atoms with Crippen molar-refractivity contribution in [3.63, 3.8) is 0 Å². The molecule has 132 valence electrons. The largest absolute Gasteiger partial charge is 0.450 e. The van der Waals surface area contributed by atoms with Crippen LogP contribution in [0.2, 0.25) is 10.0 Å². The number of hydrogen-bond acceptors (Lipinski definition) is 4. The predicted molar refractivity (Wildman–Crippen MR) is 98.9 cm³/mol. The Morgan fingerprint density at radius 2 is 1.85 bits per heavy atom. The summed E-state index contributed by atoms with van der Waals surface area (Å²) < 4.78 is 5.75. The molecule has 1 aromatic heterocycles. The molecule has 1 N–H and O–H groups in total. The van der Waals surface area contributed by atoms with Crippen LogP contribution < -0.4 is 5.43 Å².